The fourth-order valence-electron chi connectivity index (χ4n) is 2.33. The van der Waals surface area contributed by atoms with Gasteiger partial charge in [-0.2, -0.15) is 0 Å². The third-order valence-corrected chi connectivity index (χ3v) is 3.58. The maximum Gasteiger partial charge on any atom is 0.326 e. The van der Waals surface area contributed by atoms with Crippen molar-refractivity contribution in [3.8, 4) is 5.75 Å². The van der Waals surface area contributed by atoms with Crippen molar-refractivity contribution in [2.45, 2.75) is 32.4 Å². The molecule has 126 valence electrons. The number of carboxylic acid groups (broad SMARTS) is 1. The van der Waals surface area contributed by atoms with E-state index in [1.54, 1.807) is 18.2 Å². The van der Waals surface area contributed by atoms with Crippen LogP contribution in [0.25, 0.3) is 0 Å². The molecule has 0 saturated heterocycles. The number of carbonyl (C=O) groups excluding carboxylic acids is 1. The molecule has 0 spiro atoms. The standard InChI is InChI=1S/C19H21NO4/c1-2-8-17(19(22)23)20-18(21)16-12-7-6-9-14(16)13-24-15-10-4-3-5-11-15/h3-7,9-12,17H,2,8,13H2,1H3,(H,20,21)(H,22,23). The third-order valence-electron chi connectivity index (χ3n) is 3.58. The number of hydrogen-bond donors (Lipinski definition) is 2. The van der Waals surface area contributed by atoms with Gasteiger partial charge in [0.1, 0.15) is 18.4 Å². The van der Waals surface area contributed by atoms with Crippen LogP contribution in [0.1, 0.15) is 35.7 Å². The summed E-state index contributed by atoms with van der Waals surface area (Å²) < 4.78 is 5.69. The van der Waals surface area contributed by atoms with Crippen molar-refractivity contribution in [1.29, 1.82) is 0 Å². The Hall–Kier alpha value is -2.82. The molecule has 0 saturated carbocycles. The molecule has 0 aromatic heterocycles. The van der Waals surface area contributed by atoms with E-state index in [1.807, 2.05) is 43.3 Å². The Bertz CT molecular complexity index is 685. The molecule has 0 aliphatic rings. The van der Waals surface area contributed by atoms with Crippen LogP contribution in [0.4, 0.5) is 0 Å². The number of aliphatic carboxylic acids is 1. The topological polar surface area (TPSA) is 75.6 Å². The Morgan fingerprint density at radius 2 is 1.75 bits per heavy atom. The summed E-state index contributed by atoms with van der Waals surface area (Å²) in [6.45, 7) is 2.11. The molecule has 0 radical (unpaired) electrons. The van der Waals surface area contributed by atoms with Gasteiger partial charge in [0.15, 0.2) is 0 Å². The van der Waals surface area contributed by atoms with Gasteiger partial charge in [-0.15, -0.1) is 0 Å². The molecule has 1 atom stereocenters. The van der Waals surface area contributed by atoms with Crippen LogP contribution in [0.2, 0.25) is 0 Å². The van der Waals surface area contributed by atoms with Crippen LogP contribution in [0.15, 0.2) is 54.6 Å². The van der Waals surface area contributed by atoms with Gasteiger partial charge in [0.25, 0.3) is 5.91 Å². The second-order valence-electron chi connectivity index (χ2n) is 5.41. The second kappa shape index (κ2) is 8.72. The van der Waals surface area contributed by atoms with Crippen molar-refractivity contribution < 1.29 is 19.4 Å². The zero-order chi connectivity index (χ0) is 17.4. The summed E-state index contributed by atoms with van der Waals surface area (Å²) in [4.78, 5) is 23.6. The van der Waals surface area contributed by atoms with E-state index in [-0.39, 0.29) is 6.61 Å². The molecular formula is C19H21NO4. The lowest BCUT2D eigenvalue weighted by atomic mass is 10.1. The Labute approximate surface area is 141 Å². The van der Waals surface area contributed by atoms with E-state index in [0.29, 0.717) is 29.7 Å². The monoisotopic (exact) mass is 327 g/mol. The maximum absolute atomic E-state index is 12.4. The lowest BCUT2D eigenvalue weighted by Crippen LogP contribution is -2.41. The molecule has 2 rings (SSSR count). The highest BCUT2D eigenvalue weighted by Crippen LogP contribution is 2.15. The smallest absolute Gasteiger partial charge is 0.326 e. The van der Waals surface area contributed by atoms with Gasteiger partial charge in [0.05, 0.1) is 0 Å². The molecule has 0 aliphatic carbocycles. The average molecular weight is 327 g/mol. The second-order valence-corrected chi connectivity index (χ2v) is 5.41. The molecule has 1 unspecified atom stereocenters. The first-order valence-electron chi connectivity index (χ1n) is 7.91. The Balaban J connectivity index is 2.09. The number of para-hydroxylation sites is 1. The van der Waals surface area contributed by atoms with Crippen molar-refractivity contribution in [2.75, 3.05) is 0 Å². The summed E-state index contributed by atoms with van der Waals surface area (Å²) in [5.74, 6) is -0.714. The lowest BCUT2D eigenvalue weighted by Gasteiger charge is -2.15. The molecule has 0 bridgehead atoms. The van der Waals surface area contributed by atoms with Crippen LogP contribution in [-0.2, 0) is 11.4 Å². The SMILES string of the molecule is CCCC(NC(=O)c1ccccc1COc1ccccc1)C(=O)O. The highest BCUT2D eigenvalue weighted by molar-refractivity contribution is 5.97. The van der Waals surface area contributed by atoms with Crippen LogP contribution in [0, 0.1) is 0 Å². The summed E-state index contributed by atoms with van der Waals surface area (Å²) >= 11 is 0. The first-order chi connectivity index (χ1) is 11.6. The van der Waals surface area contributed by atoms with E-state index in [4.69, 9.17) is 4.74 Å². The molecule has 5 heteroatoms. The van der Waals surface area contributed by atoms with Gasteiger partial charge in [-0.3, -0.25) is 4.79 Å². The van der Waals surface area contributed by atoms with Crippen molar-refractivity contribution in [3.63, 3.8) is 0 Å². The van der Waals surface area contributed by atoms with Gasteiger partial charge in [-0.25, -0.2) is 4.79 Å². The molecule has 0 aliphatic heterocycles. The number of ether oxygens (including phenoxy) is 1. The fourth-order valence-corrected chi connectivity index (χ4v) is 2.33. The zero-order valence-electron chi connectivity index (χ0n) is 13.6. The van der Waals surface area contributed by atoms with Gasteiger partial charge in [-0.05, 0) is 24.6 Å². The minimum Gasteiger partial charge on any atom is -0.489 e. The van der Waals surface area contributed by atoms with Gasteiger partial charge < -0.3 is 15.2 Å². The van der Waals surface area contributed by atoms with E-state index < -0.39 is 17.9 Å². The molecular weight excluding hydrogens is 306 g/mol. The van der Waals surface area contributed by atoms with Gasteiger partial charge in [-0.1, -0.05) is 49.7 Å². The number of rotatable bonds is 8. The Morgan fingerprint density at radius 1 is 1.08 bits per heavy atom. The molecule has 2 N–H and O–H groups in total. The summed E-state index contributed by atoms with van der Waals surface area (Å²) in [6, 6.07) is 15.5. The molecule has 2 aromatic rings. The van der Waals surface area contributed by atoms with E-state index in [1.165, 1.54) is 0 Å². The van der Waals surface area contributed by atoms with Crippen LogP contribution in [-0.4, -0.2) is 23.0 Å². The molecule has 24 heavy (non-hydrogen) atoms. The van der Waals surface area contributed by atoms with Gasteiger partial charge in [0, 0.05) is 11.1 Å². The predicted molar refractivity (Wildman–Crippen MR) is 91.0 cm³/mol. The third kappa shape index (κ3) is 4.84. The largest absolute Gasteiger partial charge is 0.489 e. The summed E-state index contributed by atoms with van der Waals surface area (Å²) in [5.41, 5.74) is 1.13. The van der Waals surface area contributed by atoms with Crippen molar-refractivity contribution in [3.05, 3.63) is 65.7 Å². The Kier molecular flexibility index (Phi) is 6.37. The molecule has 1 amide bonds. The number of carboxylic acids is 1. The zero-order valence-corrected chi connectivity index (χ0v) is 13.6. The number of amides is 1. The fraction of sp³-hybridized carbons (Fsp3) is 0.263. The van der Waals surface area contributed by atoms with E-state index in [0.717, 1.165) is 0 Å². The van der Waals surface area contributed by atoms with E-state index in [9.17, 15) is 14.7 Å². The highest BCUT2D eigenvalue weighted by Gasteiger charge is 2.21. The van der Waals surface area contributed by atoms with Gasteiger partial charge >= 0.3 is 5.97 Å². The van der Waals surface area contributed by atoms with Crippen LogP contribution in [0.5, 0.6) is 5.75 Å². The lowest BCUT2D eigenvalue weighted by molar-refractivity contribution is -0.139. The molecule has 0 fully saturated rings. The highest BCUT2D eigenvalue weighted by atomic mass is 16.5. The van der Waals surface area contributed by atoms with Crippen molar-refractivity contribution in [1.82, 2.24) is 5.32 Å². The van der Waals surface area contributed by atoms with Crippen LogP contribution < -0.4 is 10.1 Å². The maximum atomic E-state index is 12.4. The van der Waals surface area contributed by atoms with Crippen molar-refractivity contribution in [2.24, 2.45) is 0 Å². The van der Waals surface area contributed by atoms with Gasteiger partial charge in [0.2, 0.25) is 0 Å². The molecule has 0 heterocycles. The van der Waals surface area contributed by atoms with Crippen molar-refractivity contribution >= 4 is 11.9 Å². The molecule has 5 nitrogen and oxygen atoms in total. The van der Waals surface area contributed by atoms with E-state index in [2.05, 4.69) is 5.32 Å². The average Bonchev–Trinajstić information content (AvgIpc) is 2.60. The first kappa shape index (κ1) is 17.5. The molecule has 2 aromatic carbocycles. The first-order valence-corrected chi connectivity index (χ1v) is 7.91. The summed E-state index contributed by atoms with van der Waals surface area (Å²) in [6.07, 6.45) is 1.07. The quantitative estimate of drug-likeness (QED) is 0.780. The van der Waals surface area contributed by atoms with E-state index >= 15 is 0 Å². The normalized spacial score (nSPS) is 11.5. The Morgan fingerprint density at radius 3 is 2.42 bits per heavy atom. The number of carbonyl (C=O) groups is 2. The van der Waals surface area contributed by atoms with Crippen LogP contribution >= 0.6 is 0 Å². The van der Waals surface area contributed by atoms with Crippen LogP contribution in [0.3, 0.4) is 0 Å². The minimum absolute atomic E-state index is 0.235. The number of hydrogen-bond acceptors (Lipinski definition) is 3. The summed E-state index contributed by atoms with van der Waals surface area (Å²) in [5, 5.41) is 11.8. The minimum atomic E-state index is -1.02. The predicted octanol–water partition coefficient (Wildman–Crippen LogP) is 3.25. The summed E-state index contributed by atoms with van der Waals surface area (Å²) in [7, 11) is 0. The number of benzene rings is 2. The number of nitrogens with one attached hydrogen (secondary N) is 1.